The fourth-order valence-corrected chi connectivity index (χ4v) is 1.12. The van der Waals surface area contributed by atoms with Crippen molar-refractivity contribution in [3.05, 3.63) is 35.6 Å². The molecule has 0 radical (unpaired) electrons. The second-order valence-electron chi connectivity index (χ2n) is 3.06. The summed E-state index contributed by atoms with van der Waals surface area (Å²) in [6, 6.07) is 6.33. The molecule has 1 rings (SSSR count). The molecule has 0 saturated carbocycles. The molecule has 1 aromatic carbocycles. The van der Waals surface area contributed by atoms with Gasteiger partial charge in [-0.15, -0.1) is 0 Å². The van der Waals surface area contributed by atoms with Crippen LogP contribution in [0.4, 0.5) is 4.39 Å². The predicted molar refractivity (Wildman–Crippen MR) is 55.4 cm³/mol. The van der Waals surface area contributed by atoms with E-state index in [1.54, 1.807) is 24.1 Å². The first-order valence-corrected chi connectivity index (χ1v) is 4.31. The second kappa shape index (κ2) is 4.60. The lowest BCUT2D eigenvalue weighted by Gasteiger charge is -2.17. The number of rotatable bonds is 2. The lowest BCUT2D eigenvalue weighted by Crippen LogP contribution is -2.33. The van der Waals surface area contributed by atoms with Gasteiger partial charge in [0.2, 0.25) is 0 Å². The quantitative estimate of drug-likeness (QED) is 0.569. The minimum Gasteiger partial charge on any atom is -0.370 e. The second-order valence-corrected chi connectivity index (χ2v) is 3.06. The fourth-order valence-electron chi connectivity index (χ4n) is 1.12. The van der Waals surface area contributed by atoms with Gasteiger partial charge in [0.05, 0.1) is 0 Å². The van der Waals surface area contributed by atoms with Crippen molar-refractivity contribution in [3.8, 4) is 0 Å². The maximum Gasteiger partial charge on any atom is 0.191 e. The standard InChI is InChI=1S/C10H14FN3/c1-13-10(12)14(2)7-8-3-5-9(11)6-4-8/h3-6H,7H2,1-2H3,(H2,12,13). The maximum atomic E-state index is 12.6. The molecule has 0 amide bonds. The SMILES string of the molecule is CN=C(N)N(C)Cc1ccc(F)cc1. The normalized spacial score (nSPS) is 11.5. The van der Waals surface area contributed by atoms with Gasteiger partial charge >= 0.3 is 0 Å². The van der Waals surface area contributed by atoms with Crippen molar-refractivity contribution in [1.82, 2.24) is 4.90 Å². The highest BCUT2D eigenvalue weighted by molar-refractivity contribution is 5.77. The molecule has 0 aliphatic rings. The summed E-state index contributed by atoms with van der Waals surface area (Å²) in [6.07, 6.45) is 0. The number of hydrogen-bond acceptors (Lipinski definition) is 1. The van der Waals surface area contributed by atoms with Crippen LogP contribution in [-0.2, 0) is 6.54 Å². The third-order valence-corrected chi connectivity index (χ3v) is 1.95. The minimum absolute atomic E-state index is 0.228. The molecule has 0 aromatic heterocycles. The van der Waals surface area contributed by atoms with E-state index in [4.69, 9.17) is 5.73 Å². The largest absolute Gasteiger partial charge is 0.370 e. The van der Waals surface area contributed by atoms with Crippen LogP contribution in [0.2, 0.25) is 0 Å². The average Bonchev–Trinajstić information content (AvgIpc) is 2.20. The van der Waals surface area contributed by atoms with Crippen molar-refractivity contribution in [2.24, 2.45) is 10.7 Å². The summed E-state index contributed by atoms with van der Waals surface area (Å²) in [5.74, 6) is 0.239. The van der Waals surface area contributed by atoms with Crippen molar-refractivity contribution in [1.29, 1.82) is 0 Å². The van der Waals surface area contributed by atoms with Crippen LogP contribution in [0, 0.1) is 5.82 Å². The van der Waals surface area contributed by atoms with Gasteiger partial charge in [-0.1, -0.05) is 12.1 Å². The molecule has 0 saturated heterocycles. The van der Waals surface area contributed by atoms with Gasteiger partial charge in [0, 0.05) is 20.6 Å². The van der Waals surface area contributed by atoms with Gasteiger partial charge in [-0.25, -0.2) is 4.39 Å². The molecular weight excluding hydrogens is 181 g/mol. The molecule has 0 unspecified atom stereocenters. The molecule has 0 spiro atoms. The molecule has 0 aliphatic carbocycles. The first kappa shape index (κ1) is 10.5. The summed E-state index contributed by atoms with van der Waals surface area (Å²) in [6.45, 7) is 0.628. The van der Waals surface area contributed by atoms with Gasteiger partial charge in [-0.05, 0) is 17.7 Å². The van der Waals surface area contributed by atoms with E-state index in [-0.39, 0.29) is 5.82 Å². The number of hydrogen-bond donors (Lipinski definition) is 1. The fraction of sp³-hybridized carbons (Fsp3) is 0.300. The van der Waals surface area contributed by atoms with Crippen molar-refractivity contribution in [2.75, 3.05) is 14.1 Å². The Morgan fingerprint density at radius 2 is 2.00 bits per heavy atom. The molecule has 2 N–H and O–H groups in total. The molecule has 3 nitrogen and oxygen atoms in total. The van der Waals surface area contributed by atoms with E-state index in [0.29, 0.717) is 12.5 Å². The highest BCUT2D eigenvalue weighted by Gasteiger charge is 2.01. The van der Waals surface area contributed by atoms with Gasteiger partial charge in [-0.3, -0.25) is 4.99 Å². The summed E-state index contributed by atoms with van der Waals surface area (Å²) in [7, 11) is 3.47. The van der Waals surface area contributed by atoms with E-state index in [0.717, 1.165) is 5.56 Å². The first-order chi connectivity index (χ1) is 6.63. The van der Waals surface area contributed by atoms with Crippen LogP contribution in [-0.4, -0.2) is 25.0 Å². The Morgan fingerprint density at radius 1 is 1.43 bits per heavy atom. The Morgan fingerprint density at radius 3 is 2.50 bits per heavy atom. The average molecular weight is 195 g/mol. The third-order valence-electron chi connectivity index (χ3n) is 1.95. The van der Waals surface area contributed by atoms with Gasteiger partial charge in [0.15, 0.2) is 5.96 Å². The number of benzene rings is 1. The Labute approximate surface area is 83.1 Å². The summed E-state index contributed by atoms with van der Waals surface area (Å²) in [5, 5.41) is 0. The lowest BCUT2D eigenvalue weighted by molar-refractivity contribution is 0.493. The monoisotopic (exact) mass is 195 g/mol. The van der Waals surface area contributed by atoms with Crippen LogP contribution in [0.5, 0.6) is 0 Å². The van der Waals surface area contributed by atoms with E-state index >= 15 is 0 Å². The first-order valence-electron chi connectivity index (χ1n) is 4.31. The van der Waals surface area contributed by atoms with E-state index in [1.165, 1.54) is 12.1 Å². The van der Waals surface area contributed by atoms with Crippen molar-refractivity contribution in [2.45, 2.75) is 6.54 Å². The molecular formula is C10H14FN3. The molecule has 0 bridgehead atoms. The molecule has 0 atom stereocenters. The van der Waals surface area contributed by atoms with Crippen LogP contribution in [0.25, 0.3) is 0 Å². The molecule has 1 aromatic rings. The number of guanidine groups is 1. The van der Waals surface area contributed by atoms with Crippen molar-refractivity contribution >= 4 is 5.96 Å². The highest BCUT2D eigenvalue weighted by atomic mass is 19.1. The van der Waals surface area contributed by atoms with Gasteiger partial charge in [-0.2, -0.15) is 0 Å². The maximum absolute atomic E-state index is 12.6. The summed E-state index contributed by atoms with van der Waals surface area (Å²) >= 11 is 0. The van der Waals surface area contributed by atoms with Gasteiger partial charge in [0.1, 0.15) is 5.82 Å². The predicted octanol–water partition coefficient (Wildman–Crippen LogP) is 1.20. The molecule has 4 heteroatoms. The van der Waals surface area contributed by atoms with Crippen LogP contribution >= 0.6 is 0 Å². The Hall–Kier alpha value is -1.58. The Bertz CT molecular complexity index is 319. The van der Waals surface area contributed by atoms with Gasteiger partial charge < -0.3 is 10.6 Å². The molecule has 0 heterocycles. The van der Waals surface area contributed by atoms with E-state index in [2.05, 4.69) is 4.99 Å². The minimum atomic E-state index is -0.228. The highest BCUT2D eigenvalue weighted by Crippen LogP contribution is 2.04. The molecule has 0 fully saturated rings. The number of aliphatic imine (C=N–C) groups is 1. The number of nitrogens with zero attached hydrogens (tertiary/aromatic N) is 2. The van der Waals surface area contributed by atoms with Crippen molar-refractivity contribution < 1.29 is 4.39 Å². The lowest BCUT2D eigenvalue weighted by atomic mass is 10.2. The van der Waals surface area contributed by atoms with Crippen LogP contribution in [0.15, 0.2) is 29.3 Å². The molecule has 0 aliphatic heterocycles. The van der Waals surface area contributed by atoms with E-state index in [1.807, 2.05) is 7.05 Å². The third kappa shape index (κ3) is 2.73. The van der Waals surface area contributed by atoms with Gasteiger partial charge in [0.25, 0.3) is 0 Å². The Balaban J connectivity index is 2.65. The number of nitrogens with two attached hydrogens (primary N) is 1. The summed E-state index contributed by atoms with van der Waals surface area (Å²) < 4.78 is 12.6. The van der Waals surface area contributed by atoms with Crippen LogP contribution < -0.4 is 5.73 Å². The summed E-state index contributed by atoms with van der Waals surface area (Å²) in [4.78, 5) is 5.65. The van der Waals surface area contributed by atoms with E-state index < -0.39 is 0 Å². The zero-order chi connectivity index (χ0) is 10.6. The van der Waals surface area contributed by atoms with Crippen molar-refractivity contribution in [3.63, 3.8) is 0 Å². The Kier molecular flexibility index (Phi) is 3.45. The summed E-state index contributed by atoms with van der Waals surface area (Å²) in [5.41, 5.74) is 6.60. The molecule has 76 valence electrons. The zero-order valence-corrected chi connectivity index (χ0v) is 8.37. The molecule has 14 heavy (non-hydrogen) atoms. The smallest absolute Gasteiger partial charge is 0.191 e. The van der Waals surface area contributed by atoms with Crippen LogP contribution in [0.1, 0.15) is 5.56 Å². The van der Waals surface area contributed by atoms with Crippen LogP contribution in [0.3, 0.4) is 0 Å². The van der Waals surface area contributed by atoms with E-state index in [9.17, 15) is 4.39 Å². The number of halogens is 1. The zero-order valence-electron chi connectivity index (χ0n) is 8.37. The topological polar surface area (TPSA) is 41.6 Å².